The van der Waals surface area contributed by atoms with E-state index in [1.165, 1.54) is 12.3 Å². The van der Waals surface area contributed by atoms with Crippen LogP contribution in [0.2, 0.25) is 0 Å². The Kier molecular flexibility index (Phi) is 5.07. The minimum atomic E-state index is -1.53. The summed E-state index contributed by atoms with van der Waals surface area (Å²) in [5.74, 6) is -1.28. The molecule has 0 saturated heterocycles. The van der Waals surface area contributed by atoms with Crippen molar-refractivity contribution in [3.8, 4) is 0 Å². The first-order valence-electron chi connectivity index (χ1n) is 11.7. The molecule has 0 radical (unpaired) electrons. The lowest BCUT2D eigenvalue weighted by atomic mass is 9.46. The molecule has 0 amide bonds. The van der Waals surface area contributed by atoms with E-state index in [4.69, 9.17) is 9.15 Å². The molecule has 176 valence electrons. The van der Waals surface area contributed by atoms with Crippen molar-refractivity contribution in [1.82, 2.24) is 0 Å². The third-order valence-electron chi connectivity index (χ3n) is 9.20. The third kappa shape index (κ3) is 2.98. The lowest BCUT2D eigenvalue weighted by Gasteiger charge is -2.59. The maximum Gasteiger partial charge on any atom is 0.375 e. The lowest BCUT2D eigenvalue weighted by Crippen LogP contribution is -2.63. The van der Waals surface area contributed by atoms with E-state index < -0.39 is 40.9 Å². The Morgan fingerprint density at radius 3 is 2.76 bits per heavy atom. The van der Waals surface area contributed by atoms with Crippen molar-refractivity contribution < 1.29 is 33.8 Å². The van der Waals surface area contributed by atoms with Crippen LogP contribution in [0.4, 0.5) is 0 Å². The van der Waals surface area contributed by atoms with E-state index in [1.807, 2.05) is 13.0 Å². The minimum Gasteiger partial charge on any atom is -0.457 e. The Morgan fingerprint density at radius 1 is 1.27 bits per heavy atom. The maximum absolute atomic E-state index is 13.2. The number of carbonyl (C=O) groups is 3. The summed E-state index contributed by atoms with van der Waals surface area (Å²) in [5.41, 5.74) is -1.73. The van der Waals surface area contributed by atoms with Crippen LogP contribution in [0, 0.1) is 28.6 Å². The molecule has 0 aromatic carbocycles. The molecular formula is C26H30O7. The van der Waals surface area contributed by atoms with Gasteiger partial charge in [-0.2, -0.15) is 0 Å². The summed E-state index contributed by atoms with van der Waals surface area (Å²) in [5, 5.41) is 21.4. The van der Waals surface area contributed by atoms with Gasteiger partial charge >= 0.3 is 5.97 Å². The van der Waals surface area contributed by atoms with Gasteiger partial charge in [0.25, 0.3) is 0 Å². The van der Waals surface area contributed by atoms with Crippen molar-refractivity contribution in [3.05, 3.63) is 48.0 Å². The molecule has 3 saturated carbocycles. The highest BCUT2D eigenvalue weighted by molar-refractivity contribution is 6.01. The van der Waals surface area contributed by atoms with E-state index in [0.717, 1.165) is 18.4 Å². The molecule has 0 bridgehead atoms. The molecule has 7 nitrogen and oxygen atoms in total. The zero-order valence-corrected chi connectivity index (χ0v) is 19.0. The Labute approximate surface area is 192 Å². The first-order chi connectivity index (χ1) is 15.7. The summed E-state index contributed by atoms with van der Waals surface area (Å²) < 4.78 is 11.1. The van der Waals surface area contributed by atoms with Crippen molar-refractivity contribution in [2.24, 2.45) is 28.6 Å². The van der Waals surface area contributed by atoms with Crippen molar-refractivity contribution >= 4 is 17.5 Å². The molecule has 1 unspecified atom stereocenters. The maximum atomic E-state index is 13.2. The van der Waals surface area contributed by atoms with Gasteiger partial charge in [-0.25, -0.2) is 4.79 Å². The first-order valence-corrected chi connectivity index (χ1v) is 11.7. The Hall–Kier alpha value is -2.51. The molecule has 4 aliphatic carbocycles. The molecule has 1 aromatic rings. The quantitative estimate of drug-likeness (QED) is 0.672. The molecule has 33 heavy (non-hydrogen) atoms. The predicted molar refractivity (Wildman–Crippen MR) is 117 cm³/mol. The Morgan fingerprint density at radius 2 is 2.06 bits per heavy atom. The Balaban J connectivity index is 1.54. The van der Waals surface area contributed by atoms with Gasteiger partial charge in [0.15, 0.2) is 11.4 Å². The van der Waals surface area contributed by atoms with Crippen LogP contribution in [0.15, 0.2) is 46.6 Å². The number of carbonyl (C=O) groups excluding carboxylic acids is 3. The molecular weight excluding hydrogens is 424 g/mol. The largest absolute Gasteiger partial charge is 0.457 e. The molecule has 4 aliphatic rings. The van der Waals surface area contributed by atoms with Crippen LogP contribution in [0.3, 0.4) is 0 Å². The fraction of sp³-hybridized carbons (Fsp3) is 0.577. The van der Waals surface area contributed by atoms with Crippen LogP contribution < -0.4 is 0 Å². The normalized spacial score (nSPS) is 41.6. The molecule has 7 heteroatoms. The van der Waals surface area contributed by atoms with Gasteiger partial charge in [0.2, 0.25) is 11.5 Å². The monoisotopic (exact) mass is 454 g/mol. The number of aliphatic hydroxyl groups excluding tert-OH is 2. The number of esters is 1. The smallest absolute Gasteiger partial charge is 0.375 e. The van der Waals surface area contributed by atoms with Crippen LogP contribution in [0.25, 0.3) is 0 Å². The highest BCUT2D eigenvalue weighted by Gasteiger charge is 2.70. The number of allylic oxidation sites excluding steroid dienone is 4. The van der Waals surface area contributed by atoms with Crippen molar-refractivity contribution in [1.29, 1.82) is 0 Å². The van der Waals surface area contributed by atoms with Crippen LogP contribution in [-0.2, 0) is 14.3 Å². The van der Waals surface area contributed by atoms with Gasteiger partial charge in [-0.1, -0.05) is 25.5 Å². The van der Waals surface area contributed by atoms with E-state index in [1.54, 1.807) is 18.2 Å². The highest BCUT2D eigenvalue weighted by atomic mass is 16.6. The van der Waals surface area contributed by atoms with Crippen LogP contribution in [-0.4, -0.2) is 46.1 Å². The van der Waals surface area contributed by atoms with Crippen LogP contribution >= 0.6 is 0 Å². The summed E-state index contributed by atoms with van der Waals surface area (Å²) in [6, 6.07) is 3.05. The van der Waals surface area contributed by atoms with Crippen LogP contribution in [0.5, 0.6) is 0 Å². The number of furan rings is 1. The van der Waals surface area contributed by atoms with E-state index in [9.17, 15) is 24.6 Å². The number of ether oxygens (including phenoxy) is 1. The zero-order chi connectivity index (χ0) is 23.6. The predicted octanol–water partition coefficient (Wildman–Crippen LogP) is 3.02. The summed E-state index contributed by atoms with van der Waals surface area (Å²) >= 11 is 0. The van der Waals surface area contributed by atoms with Crippen molar-refractivity contribution in [2.45, 2.75) is 57.7 Å². The number of hydrogen-bond acceptors (Lipinski definition) is 7. The van der Waals surface area contributed by atoms with Gasteiger partial charge in [0.05, 0.1) is 12.4 Å². The van der Waals surface area contributed by atoms with Gasteiger partial charge in [0.1, 0.15) is 6.61 Å². The topological polar surface area (TPSA) is 114 Å². The van der Waals surface area contributed by atoms with Gasteiger partial charge < -0.3 is 19.4 Å². The molecule has 1 heterocycles. The number of aliphatic hydroxyl groups is 2. The second-order valence-corrected chi connectivity index (χ2v) is 10.5. The highest BCUT2D eigenvalue weighted by Crippen LogP contribution is 2.67. The fourth-order valence-electron chi connectivity index (χ4n) is 7.73. The molecule has 0 aliphatic heterocycles. The summed E-state index contributed by atoms with van der Waals surface area (Å²) in [6.45, 7) is 3.26. The fourth-order valence-corrected chi connectivity index (χ4v) is 7.73. The average molecular weight is 455 g/mol. The number of hydrogen-bond donors (Lipinski definition) is 2. The van der Waals surface area contributed by atoms with Gasteiger partial charge in [-0.05, 0) is 68.2 Å². The molecule has 7 atom stereocenters. The second kappa shape index (κ2) is 7.50. The molecule has 1 aromatic heterocycles. The van der Waals surface area contributed by atoms with Gasteiger partial charge in [-0.15, -0.1) is 0 Å². The summed E-state index contributed by atoms with van der Waals surface area (Å²) in [4.78, 5) is 38.1. The standard InChI is InChI=1S/C26H30O7/c1-24-9-7-16(28)12-15(24)5-6-17-18-8-10-26(21(30)14-27,25(18,2)13-19(29)22(17)24)33-23(31)20-4-3-11-32-20/h3-4,7,9,11-12,17-19,22,27,29H,5-6,8,10,13-14H2,1-2H3/t17-,18-,19?,22+,24-,25-,26-/m0/s1. The molecule has 2 N–H and O–H groups in total. The van der Waals surface area contributed by atoms with Gasteiger partial charge in [-0.3, -0.25) is 9.59 Å². The minimum absolute atomic E-state index is 0.00151. The number of ketones is 2. The van der Waals surface area contributed by atoms with E-state index in [2.05, 4.69) is 6.92 Å². The van der Waals surface area contributed by atoms with Crippen molar-refractivity contribution in [2.75, 3.05) is 6.61 Å². The summed E-state index contributed by atoms with van der Waals surface area (Å²) in [6.07, 6.45) is 8.59. The number of rotatable bonds is 4. The number of fused-ring (bicyclic) bond motifs is 5. The van der Waals surface area contributed by atoms with E-state index >= 15 is 0 Å². The molecule has 3 fully saturated rings. The zero-order valence-electron chi connectivity index (χ0n) is 19.0. The van der Waals surface area contributed by atoms with E-state index in [0.29, 0.717) is 12.8 Å². The van der Waals surface area contributed by atoms with Gasteiger partial charge in [0, 0.05) is 16.7 Å². The third-order valence-corrected chi connectivity index (χ3v) is 9.20. The first kappa shape index (κ1) is 22.3. The Bertz CT molecular complexity index is 1050. The SMILES string of the molecule is C[C@]12C=CC(=O)C=C1CC[C@@H]1[C@@H]2C(O)C[C@@]2(C)[C@H]1CC[C@]2(OC(=O)c1ccco1)C(=O)CO. The van der Waals surface area contributed by atoms with Crippen molar-refractivity contribution in [3.63, 3.8) is 0 Å². The average Bonchev–Trinajstić information content (AvgIpc) is 3.41. The summed E-state index contributed by atoms with van der Waals surface area (Å²) in [7, 11) is 0. The lowest BCUT2D eigenvalue weighted by molar-refractivity contribution is -0.180. The molecule has 5 rings (SSSR count). The van der Waals surface area contributed by atoms with E-state index in [-0.39, 0.29) is 35.7 Å². The van der Waals surface area contributed by atoms with Crippen LogP contribution in [0.1, 0.15) is 56.5 Å². The molecule has 0 spiro atoms. The second-order valence-electron chi connectivity index (χ2n) is 10.5. The number of Topliss-reactive ketones (excluding diaryl/α,β-unsaturated/α-hetero) is 1.